The molecule has 2 N–H and O–H groups in total. The summed E-state index contributed by atoms with van der Waals surface area (Å²) < 4.78 is 34.6. The summed E-state index contributed by atoms with van der Waals surface area (Å²) in [5.74, 6) is -1.42. The van der Waals surface area contributed by atoms with Crippen molar-refractivity contribution in [2.75, 3.05) is 39.4 Å². The first-order valence-corrected chi connectivity index (χ1v) is 14.7. The minimum atomic E-state index is -1.28. The maximum absolute atomic E-state index is 15.8. The molecule has 7 aliphatic rings. The zero-order chi connectivity index (χ0) is 26.0. The number of carbonyl (C=O) groups is 2. The maximum Gasteiger partial charge on any atom is 0.340 e. The second-order valence-corrected chi connectivity index (χ2v) is 12.4. The highest BCUT2D eigenvalue weighted by atomic mass is 19.1. The summed E-state index contributed by atoms with van der Waals surface area (Å²) >= 11 is 0. The Labute approximate surface area is 223 Å². The summed E-state index contributed by atoms with van der Waals surface area (Å²) in [6.07, 6.45) is 6.49. The van der Waals surface area contributed by atoms with E-state index in [9.17, 15) is 14.7 Å². The molecule has 0 spiro atoms. The monoisotopic (exact) mass is 533 g/mol. The number of rotatable bonds is 5. The van der Waals surface area contributed by atoms with Gasteiger partial charge in [0.2, 0.25) is 0 Å². The van der Waals surface area contributed by atoms with Gasteiger partial charge >= 0.3 is 5.97 Å². The Balaban J connectivity index is 1.16. The lowest BCUT2D eigenvalue weighted by molar-refractivity contribution is -0.209. The van der Waals surface area contributed by atoms with Gasteiger partial charge in [-0.2, -0.15) is 0 Å². The van der Waals surface area contributed by atoms with Gasteiger partial charge in [-0.1, -0.05) is 12.8 Å². The number of morpholine rings is 2. The van der Waals surface area contributed by atoms with Gasteiger partial charge in [0.25, 0.3) is 0 Å². The predicted molar refractivity (Wildman–Crippen MR) is 134 cm³/mol. The molecule has 11 atom stereocenters. The van der Waals surface area contributed by atoms with E-state index in [4.69, 9.17) is 14.2 Å². The molecule has 0 aromatic carbocycles. The van der Waals surface area contributed by atoms with Crippen LogP contribution in [-0.4, -0.2) is 115 Å². The molecule has 3 aliphatic carbocycles. The molecule has 7 rings (SSSR count). The molecule has 4 aliphatic heterocycles. The number of hydrogen-bond acceptors (Lipinski definition) is 8. The highest BCUT2D eigenvalue weighted by Crippen LogP contribution is 2.52. The number of aliphatic carboxylic acids is 1. The highest BCUT2D eigenvalue weighted by Gasteiger charge is 2.61. The van der Waals surface area contributed by atoms with E-state index >= 15 is 4.39 Å². The van der Waals surface area contributed by atoms with Crippen LogP contribution in [0.2, 0.25) is 0 Å². The van der Waals surface area contributed by atoms with Crippen LogP contribution in [0.4, 0.5) is 4.39 Å². The molecule has 0 radical (unpaired) electrons. The van der Waals surface area contributed by atoms with E-state index in [2.05, 4.69) is 15.1 Å². The van der Waals surface area contributed by atoms with Crippen molar-refractivity contribution in [2.24, 2.45) is 17.8 Å². The zero-order valence-electron chi connectivity index (χ0n) is 21.9. The smallest absolute Gasteiger partial charge is 0.340 e. The van der Waals surface area contributed by atoms with Crippen molar-refractivity contribution in [3.8, 4) is 0 Å². The molecule has 10 heteroatoms. The number of carboxylic acid groups (broad SMARTS) is 1. The quantitative estimate of drug-likeness (QED) is 0.508. The van der Waals surface area contributed by atoms with Crippen LogP contribution in [0.3, 0.4) is 0 Å². The molecule has 0 bridgehead atoms. The van der Waals surface area contributed by atoms with Crippen LogP contribution in [0.1, 0.15) is 44.9 Å². The number of Topliss-reactive ketones (excluding diaryl/α,β-unsaturated/α-hetero) is 1. The number of ketones is 1. The fraction of sp³-hybridized carbons (Fsp3) is 0.857. The number of alkyl halides is 1. The Morgan fingerprint density at radius 3 is 2.68 bits per heavy atom. The molecule has 9 nitrogen and oxygen atoms in total. The molecule has 6 fully saturated rings. The third-order valence-electron chi connectivity index (χ3n) is 10.6. The fourth-order valence-electron chi connectivity index (χ4n) is 8.83. The second kappa shape index (κ2) is 10.1. The molecule has 0 aromatic rings. The van der Waals surface area contributed by atoms with Crippen molar-refractivity contribution in [1.82, 2.24) is 15.1 Å². The lowest BCUT2D eigenvalue weighted by Gasteiger charge is -2.60. The Morgan fingerprint density at radius 1 is 1.05 bits per heavy atom. The first kappa shape index (κ1) is 25.4. The molecule has 0 aromatic heterocycles. The first-order chi connectivity index (χ1) is 18.5. The van der Waals surface area contributed by atoms with Crippen LogP contribution < -0.4 is 5.32 Å². The molecule has 3 saturated carbocycles. The predicted octanol–water partition coefficient (Wildman–Crippen LogP) is 1.36. The van der Waals surface area contributed by atoms with Gasteiger partial charge in [-0.15, -0.1) is 0 Å². The van der Waals surface area contributed by atoms with E-state index < -0.39 is 36.0 Å². The average molecular weight is 534 g/mol. The minimum absolute atomic E-state index is 0.0176. The SMILES string of the molecule is O=C(O)C1=CN2C3CC4OC5CCCCC5C4CC3OC3C(NCCN4CCOCC4)C(F)CC(C1=O)C32. The molecular weight excluding hydrogens is 493 g/mol. The Bertz CT molecular complexity index is 974. The zero-order valence-corrected chi connectivity index (χ0v) is 21.9. The van der Waals surface area contributed by atoms with Crippen molar-refractivity contribution < 1.29 is 33.3 Å². The third kappa shape index (κ3) is 4.22. The second-order valence-electron chi connectivity index (χ2n) is 12.4. The van der Waals surface area contributed by atoms with Gasteiger partial charge in [0.1, 0.15) is 11.7 Å². The number of carbonyl (C=O) groups excluding carboxylic acids is 1. The summed E-state index contributed by atoms with van der Waals surface area (Å²) in [6.45, 7) is 4.61. The van der Waals surface area contributed by atoms with Gasteiger partial charge in [-0.05, 0) is 43.9 Å². The fourth-order valence-corrected chi connectivity index (χ4v) is 8.83. The van der Waals surface area contributed by atoms with Crippen LogP contribution in [-0.2, 0) is 23.8 Å². The van der Waals surface area contributed by atoms with Crippen molar-refractivity contribution in [3.05, 3.63) is 11.8 Å². The van der Waals surface area contributed by atoms with Gasteiger partial charge in [0.05, 0.1) is 55.8 Å². The Hall–Kier alpha value is -1.59. The van der Waals surface area contributed by atoms with Gasteiger partial charge in [0, 0.05) is 38.3 Å². The Morgan fingerprint density at radius 2 is 1.87 bits per heavy atom. The van der Waals surface area contributed by atoms with Crippen LogP contribution in [0.25, 0.3) is 0 Å². The van der Waals surface area contributed by atoms with Crippen molar-refractivity contribution >= 4 is 11.8 Å². The van der Waals surface area contributed by atoms with Crippen LogP contribution in [0.5, 0.6) is 0 Å². The van der Waals surface area contributed by atoms with Crippen LogP contribution >= 0.6 is 0 Å². The number of carboxylic acids is 1. The summed E-state index contributed by atoms with van der Waals surface area (Å²) in [4.78, 5) is 29.7. The number of ether oxygens (including phenoxy) is 3. The standard InChI is InChI=1S/C28H40FN3O6/c29-19-11-17-25-27(24(19)30-5-6-31-7-9-36-10-8-31)38-23-12-16-15-3-1-2-4-21(15)37-22(16)13-20(23)32(25)14-18(26(17)33)28(34)35/h14-17,19-25,27,30H,1-13H2,(H,34,35). The molecule has 3 saturated heterocycles. The Kier molecular flexibility index (Phi) is 6.75. The number of halogens is 1. The lowest BCUT2D eigenvalue weighted by Crippen LogP contribution is -2.73. The number of hydrogen-bond donors (Lipinski definition) is 2. The van der Waals surface area contributed by atoms with E-state index in [1.54, 1.807) is 6.20 Å². The van der Waals surface area contributed by atoms with Crippen LogP contribution in [0, 0.1) is 17.8 Å². The van der Waals surface area contributed by atoms with Gasteiger partial charge in [0.15, 0.2) is 5.78 Å². The van der Waals surface area contributed by atoms with Gasteiger partial charge in [-0.25, -0.2) is 9.18 Å². The number of fused-ring (bicyclic) bond motifs is 5. The van der Waals surface area contributed by atoms with Gasteiger partial charge < -0.3 is 29.5 Å². The molecular formula is C28H40FN3O6. The molecule has 210 valence electrons. The van der Waals surface area contributed by atoms with Crippen molar-refractivity contribution in [3.63, 3.8) is 0 Å². The molecule has 4 heterocycles. The largest absolute Gasteiger partial charge is 0.478 e. The highest BCUT2D eigenvalue weighted by molar-refractivity contribution is 6.18. The van der Waals surface area contributed by atoms with E-state index in [0.29, 0.717) is 24.5 Å². The minimum Gasteiger partial charge on any atom is -0.478 e. The van der Waals surface area contributed by atoms with Crippen molar-refractivity contribution in [1.29, 1.82) is 0 Å². The summed E-state index contributed by atoms with van der Waals surface area (Å²) in [7, 11) is 0. The third-order valence-corrected chi connectivity index (χ3v) is 10.6. The number of nitrogens with zero attached hydrogens (tertiary/aromatic N) is 2. The molecule has 11 unspecified atom stereocenters. The van der Waals surface area contributed by atoms with Crippen LogP contribution in [0.15, 0.2) is 11.8 Å². The molecule has 0 amide bonds. The van der Waals surface area contributed by atoms with E-state index in [0.717, 1.165) is 52.1 Å². The van der Waals surface area contributed by atoms with Gasteiger partial charge in [-0.3, -0.25) is 9.69 Å². The maximum atomic E-state index is 15.8. The number of nitrogens with one attached hydrogen (secondary N) is 1. The van der Waals surface area contributed by atoms with Crippen molar-refractivity contribution in [2.45, 2.75) is 93.7 Å². The normalized spacial score (nSPS) is 46.4. The first-order valence-electron chi connectivity index (χ1n) is 14.7. The molecule has 38 heavy (non-hydrogen) atoms. The van der Waals surface area contributed by atoms with E-state index in [1.807, 2.05) is 0 Å². The summed E-state index contributed by atoms with van der Waals surface area (Å²) in [5.41, 5.74) is -0.222. The summed E-state index contributed by atoms with van der Waals surface area (Å²) in [5, 5.41) is 13.3. The van der Waals surface area contributed by atoms with E-state index in [-0.39, 0.29) is 36.3 Å². The topological polar surface area (TPSA) is 101 Å². The summed E-state index contributed by atoms with van der Waals surface area (Å²) in [6, 6.07) is -0.957. The lowest BCUT2D eigenvalue weighted by atomic mass is 9.67. The average Bonchev–Trinajstić information content (AvgIpc) is 3.28. The van der Waals surface area contributed by atoms with E-state index in [1.165, 1.54) is 19.3 Å².